The van der Waals surface area contributed by atoms with Gasteiger partial charge in [0.2, 0.25) is 0 Å². The number of amides is 1. The molecule has 0 fully saturated rings. The smallest absolute Gasteiger partial charge is 0.392 e. The van der Waals surface area contributed by atoms with Crippen LogP contribution in [-0.4, -0.2) is 57.0 Å². The van der Waals surface area contributed by atoms with Crippen LogP contribution in [0.4, 0.5) is 5.69 Å². The van der Waals surface area contributed by atoms with Gasteiger partial charge in [0.05, 0.1) is 16.6 Å². The summed E-state index contributed by atoms with van der Waals surface area (Å²) in [4.78, 5) is 44.8. The summed E-state index contributed by atoms with van der Waals surface area (Å²) in [6.07, 6.45) is -1.50. The van der Waals surface area contributed by atoms with Gasteiger partial charge in [0.1, 0.15) is 11.5 Å². The summed E-state index contributed by atoms with van der Waals surface area (Å²) in [7, 11) is 3.17. The van der Waals surface area contributed by atoms with E-state index in [4.69, 9.17) is 14.2 Å². The fourth-order valence-corrected chi connectivity index (χ4v) is 3.28. The quantitative estimate of drug-likeness (QED) is 0.288. The van der Waals surface area contributed by atoms with Crippen LogP contribution < -0.4 is 14.2 Å². The Kier molecular flexibility index (Phi) is 8.62. The fraction of sp³-hybridized carbons (Fsp3) is 0.269. The highest BCUT2D eigenvalue weighted by Gasteiger charge is 2.34. The first-order chi connectivity index (χ1) is 18.4. The summed E-state index contributed by atoms with van der Waals surface area (Å²) in [6, 6.07) is 12.0. The lowest BCUT2D eigenvalue weighted by Crippen LogP contribution is -2.32. The van der Waals surface area contributed by atoms with Crippen LogP contribution in [0.3, 0.4) is 0 Å². The first-order valence-electron chi connectivity index (χ1n) is 11.5. The van der Waals surface area contributed by atoms with Crippen molar-refractivity contribution in [1.82, 2.24) is 14.9 Å². The number of carboxylic acids is 1. The second-order valence-electron chi connectivity index (χ2n) is 8.87. The van der Waals surface area contributed by atoms with Gasteiger partial charge < -0.3 is 24.2 Å². The average Bonchev–Trinajstić information content (AvgIpc) is 2.87. The van der Waals surface area contributed by atoms with Crippen molar-refractivity contribution in [2.45, 2.75) is 26.9 Å². The molecule has 13 heteroatoms. The maximum atomic E-state index is 12.4. The highest BCUT2D eigenvalue weighted by Crippen LogP contribution is 2.40. The fourth-order valence-electron chi connectivity index (χ4n) is 3.28. The maximum Gasteiger partial charge on any atom is 0.392 e. The van der Waals surface area contributed by atoms with Crippen molar-refractivity contribution in [3.05, 3.63) is 69.3 Å². The van der Waals surface area contributed by atoms with E-state index in [0.717, 1.165) is 0 Å². The Labute approximate surface area is 223 Å². The van der Waals surface area contributed by atoms with E-state index in [1.807, 2.05) is 6.07 Å². The molecule has 1 unspecified atom stereocenters. The second-order valence-corrected chi connectivity index (χ2v) is 8.87. The van der Waals surface area contributed by atoms with E-state index < -0.39 is 46.4 Å². The Morgan fingerprint density at radius 2 is 1.79 bits per heavy atom. The molecule has 1 aromatic heterocycles. The number of nitrogens with zero attached hydrogens (tertiary/aromatic N) is 5. The Hall–Kier alpha value is -5.25. The molecule has 202 valence electrons. The van der Waals surface area contributed by atoms with Gasteiger partial charge in [-0.2, -0.15) is 15.2 Å². The van der Waals surface area contributed by atoms with Crippen LogP contribution in [0.2, 0.25) is 0 Å². The van der Waals surface area contributed by atoms with Crippen molar-refractivity contribution < 1.29 is 33.8 Å². The lowest BCUT2D eigenvalue weighted by molar-refractivity contribution is -0.387. The van der Waals surface area contributed by atoms with Crippen molar-refractivity contribution in [1.29, 1.82) is 5.26 Å². The number of benzene rings is 2. The number of aryl methyl sites for hydroxylation is 1. The molecule has 13 nitrogen and oxygen atoms in total. The molecule has 0 aliphatic rings. The number of hydrogen-bond acceptors (Lipinski definition) is 10. The molecule has 3 aromatic rings. The van der Waals surface area contributed by atoms with Crippen LogP contribution in [0, 0.1) is 34.3 Å². The van der Waals surface area contributed by atoms with Gasteiger partial charge in [0.15, 0.2) is 6.10 Å². The maximum absolute atomic E-state index is 12.4. The normalized spacial score (nSPS) is 11.3. The topological polar surface area (TPSA) is 178 Å². The number of carbonyl (C=O) groups excluding carboxylic acids is 1. The molecule has 1 amide bonds. The number of aliphatic carboxylic acids is 1. The van der Waals surface area contributed by atoms with E-state index in [2.05, 4.69) is 9.97 Å². The van der Waals surface area contributed by atoms with E-state index in [1.165, 1.54) is 23.1 Å². The predicted octanol–water partition coefficient (Wildman–Crippen LogP) is 4.34. The predicted molar refractivity (Wildman–Crippen MR) is 136 cm³/mol. The van der Waals surface area contributed by atoms with Gasteiger partial charge in [0.25, 0.3) is 5.91 Å². The third-order valence-electron chi connectivity index (χ3n) is 5.29. The highest BCUT2D eigenvalue weighted by atomic mass is 16.6. The molecule has 0 spiro atoms. The zero-order valence-electron chi connectivity index (χ0n) is 21.7. The standard InChI is InChI=1S/C26H25N5O8/c1-14(2)21(25(33)34)39-23-20(31(35)36)22(38-19-11-16(13-27)10-9-15(19)3)28-26(29-23)37-18-8-6-7-17(12-18)24(32)30(4)5/h6-12,14,21H,1-5H3,(H,33,34). The molecule has 1 N–H and O–H groups in total. The molecule has 0 radical (unpaired) electrons. The van der Waals surface area contributed by atoms with Crippen molar-refractivity contribution in [2.75, 3.05) is 14.1 Å². The zero-order chi connectivity index (χ0) is 28.9. The van der Waals surface area contributed by atoms with E-state index in [9.17, 15) is 30.1 Å². The largest absolute Gasteiger partial charge is 0.478 e. The van der Waals surface area contributed by atoms with Gasteiger partial charge in [-0.15, -0.1) is 0 Å². The van der Waals surface area contributed by atoms with Crippen LogP contribution in [0.1, 0.15) is 35.3 Å². The molecule has 39 heavy (non-hydrogen) atoms. The lowest BCUT2D eigenvalue weighted by Gasteiger charge is -2.18. The molecule has 1 heterocycles. The van der Waals surface area contributed by atoms with Crippen molar-refractivity contribution in [2.24, 2.45) is 5.92 Å². The van der Waals surface area contributed by atoms with E-state index in [0.29, 0.717) is 11.1 Å². The SMILES string of the molecule is Cc1ccc(C#N)cc1Oc1nc(Oc2cccc(C(=O)N(C)C)c2)nc(OC(C(=O)O)C(C)C)c1[N+](=O)[O-]. The first kappa shape index (κ1) is 28.3. The van der Waals surface area contributed by atoms with Crippen molar-refractivity contribution >= 4 is 17.6 Å². The zero-order valence-corrected chi connectivity index (χ0v) is 21.7. The summed E-state index contributed by atoms with van der Waals surface area (Å²) in [5.41, 5.74) is 0.218. The number of carbonyl (C=O) groups is 2. The number of carboxylic acid groups (broad SMARTS) is 1. The van der Waals surface area contributed by atoms with Gasteiger partial charge >= 0.3 is 29.4 Å². The molecule has 0 bridgehead atoms. The van der Waals surface area contributed by atoms with Crippen LogP contribution in [0.25, 0.3) is 0 Å². The minimum atomic E-state index is -1.50. The van der Waals surface area contributed by atoms with Gasteiger partial charge in [-0.1, -0.05) is 26.0 Å². The molecule has 0 saturated heterocycles. The minimum absolute atomic E-state index is 0.0879. The molecule has 1 atom stereocenters. The van der Waals surface area contributed by atoms with Gasteiger partial charge in [-0.3, -0.25) is 14.9 Å². The minimum Gasteiger partial charge on any atom is -0.478 e. The monoisotopic (exact) mass is 535 g/mol. The molecule has 0 aliphatic heterocycles. The Bertz CT molecular complexity index is 1470. The van der Waals surface area contributed by atoms with Gasteiger partial charge in [0, 0.05) is 25.6 Å². The molecule has 3 rings (SSSR count). The van der Waals surface area contributed by atoms with Crippen LogP contribution in [0.5, 0.6) is 29.3 Å². The number of nitriles is 1. The number of aromatic nitrogens is 2. The molecular formula is C26H25N5O8. The molecule has 2 aromatic carbocycles. The summed E-state index contributed by atoms with van der Waals surface area (Å²) < 4.78 is 16.9. The highest BCUT2D eigenvalue weighted by molar-refractivity contribution is 5.94. The Morgan fingerprint density at radius 1 is 1.10 bits per heavy atom. The summed E-state index contributed by atoms with van der Waals surface area (Å²) in [6.45, 7) is 4.78. The summed E-state index contributed by atoms with van der Waals surface area (Å²) >= 11 is 0. The summed E-state index contributed by atoms with van der Waals surface area (Å²) in [5.74, 6) is -3.35. The lowest BCUT2D eigenvalue weighted by atomic mass is 10.1. The van der Waals surface area contributed by atoms with Gasteiger partial charge in [-0.25, -0.2) is 4.79 Å². The molecule has 0 saturated carbocycles. The number of nitro groups is 1. The first-order valence-corrected chi connectivity index (χ1v) is 11.5. The molecule has 0 aliphatic carbocycles. The number of rotatable bonds is 10. The van der Waals surface area contributed by atoms with Crippen LogP contribution >= 0.6 is 0 Å². The Morgan fingerprint density at radius 3 is 2.38 bits per heavy atom. The number of ether oxygens (including phenoxy) is 3. The third kappa shape index (κ3) is 6.75. The van der Waals surface area contributed by atoms with Gasteiger partial charge in [-0.05, 0) is 42.8 Å². The van der Waals surface area contributed by atoms with E-state index in [1.54, 1.807) is 59.1 Å². The average molecular weight is 536 g/mol. The van der Waals surface area contributed by atoms with Crippen LogP contribution in [0.15, 0.2) is 42.5 Å². The van der Waals surface area contributed by atoms with E-state index >= 15 is 0 Å². The van der Waals surface area contributed by atoms with Crippen molar-refractivity contribution in [3.63, 3.8) is 0 Å². The summed E-state index contributed by atoms with van der Waals surface area (Å²) in [5, 5.41) is 30.9. The second kappa shape index (κ2) is 11.9. The third-order valence-corrected chi connectivity index (χ3v) is 5.29. The number of hydrogen-bond donors (Lipinski definition) is 1. The van der Waals surface area contributed by atoms with Crippen LogP contribution in [-0.2, 0) is 4.79 Å². The van der Waals surface area contributed by atoms with E-state index in [-0.39, 0.29) is 23.0 Å². The van der Waals surface area contributed by atoms with Crippen molar-refractivity contribution in [3.8, 4) is 35.3 Å². The molecular weight excluding hydrogens is 510 g/mol. The Balaban J connectivity index is 2.17.